The molecule has 2 aromatic rings. The van der Waals surface area contributed by atoms with Crippen molar-refractivity contribution in [3.63, 3.8) is 0 Å². The molecular formula is C14H20N4. The standard InChI is InChI=1S/C14H20N4/c1-15-8-5-9-16-10-13-11-17-18(12-13)14-6-3-2-4-7-14/h2-4,6-7,11-12,15-16H,5,8-10H2,1H3. The lowest BCUT2D eigenvalue weighted by atomic mass is 10.3. The van der Waals surface area contributed by atoms with Gasteiger partial charge in [-0.25, -0.2) is 4.68 Å². The quantitative estimate of drug-likeness (QED) is 0.727. The van der Waals surface area contributed by atoms with Crippen LogP contribution in [-0.4, -0.2) is 29.9 Å². The fourth-order valence-corrected chi connectivity index (χ4v) is 1.80. The largest absolute Gasteiger partial charge is 0.320 e. The molecule has 0 saturated carbocycles. The summed E-state index contributed by atoms with van der Waals surface area (Å²) in [5, 5.41) is 10.9. The summed E-state index contributed by atoms with van der Waals surface area (Å²) in [4.78, 5) is 0. The van der Waals surface area contributed by atoms with E-state index in [1.54, 1.807) is 0 Å². The van der Waals surface area contributed by atoms with Crippen LogP contribution in [0.15, 0.2) is 42.7 Å². The third-order valence-electron chi connectivity index (χ3n) is 2.77. The first-order valence-electron chi connectivity index (χ1n) is 6.34. The Morgan fingerprint density at radius 1 is 1.17 bits per heavy atom. The van der Waals surface area contributed by atoms with Gasteiger partial charge in [0, 0.05) is 18.3 Å². The van der Waals surface area contributed by atoms with E-state index in [1.165, 1.54) is 5.56 Å². The Bertz CT molecular complexity index is 450. The Labute approximate surface area is 108 Å². The maximum Gasteiger partial charge on any atom is 0.0645 e. The lowest BCUT2D eigenvalue weighted by Crippen LogP contribution is -2.19. The van der Waals surface area contributed by atoms with Crippen LogP contribution in [0.4, 0.5) is 0 Å². The van der Waals surface area contributed by atoms with E-state index < -0.39 is 0 Å². The van der Waals surface area contributed by atoms with Crippen LogP contribution in [0.5, 0.6) is 0 Å². The third-order valence-corrected chi connectivity index (χ3v) is 2.77. The summed E-state index contributed by atoms with van der Waals surface area (Å²) >= 11 is 0. The average molecular weight is 244 g/mol. The molecule has 0 aliphatic rings. The number of hydrogen-bond donors (Lipinski definition) is 2. The van der Waals surface area contributed by atoms with Gasteiger partial charge >= 0.3 is 0 Å². The first-order valence-corrected chi connectivity index (χ1v) is 6.34. The van der Waals surface area contributed by atoms with Crippen LogP contribution >= 0.6 is 0 Å². The molecular weight excluding hydrogens is 224 g/mol. The van der Waals surface area contributed by atoms with Gasteiger partial charge in [-0.2, -0.15) is 5.10 Å². The maximum absolute atomic E-state index is 4.37. The topological polar surface area (TPSA) is 41.9 Å². The molecule has 0 saturated heterocycles. The number of rotatable bonds is 7. The second kappa shape index (κ2) is 6.93. The van der Waals surface area contributed by atoms with Crippen LogP contribution in [0, 0.1) is 0 Å². The molecule has 1 aromatic carbocycles. The van der Waals surface area contributed by atoms with E-state index in [0.29, 0.717) is 0 Å². The number of hydrogen-bond acceptors (Lipinski definition) is 3. The van der Waals surface area contributed by atoms with Crippen molar-refractivity contribution in [1.29, 1.82) is 0 Å². The number of para-hydroxylation sites is 1. The Hall–Kier alpha value is -1.65. The summed E-state index contributed by atoms with van der Waals surface area (Å²) in [7, 11) is 1.98. The molecule has 96 valence electrons. The Morgan fingerprint density at radius 2 is 2.00 bits per heavy atom. The molecule has 0 bridgehead atoms. The van der Waals surface area contributed by atoms with Gasteiger partial charge in [-0.15, -0.1) is 0 Å². The number of nitrogens with zero attached hydrogens (tertiary/aromatic N) is 2. The molecule has 0 aliphatic heterocycles. The summed E-state index contributed by atoms with van der Waals surface area (Å²) in [6.45, 7) is 2.95. The fourth-order valence-electron chi connectivity index (χ4n) is 1.80. The van der Waals surface area contributed by atoms with E-state index in [2.05, 4.69) is 34.1 Å². The second-order valence-electron chi connectivity index (χ2n) is 4.26. The van der Waals surface area contributed by atoms with Gasteiger partial charge in [0.2, 0.25) is 0 Å². The molecule has 2 N–H and O–H groups in total. The van der Waals surface area contributed by atoms with Crippen LogP contribution in [0.2, 0.25) is 0 Å². The first kappa shape index (κ1) is 12.8. The summed E-state index contributed by atoms with van der Waals surface area (Å²) in [6.07, 6.45) is 5.13. The van der Waals surface area contributed by atoms with Crippen LogP contribution < -0.4 is 10.6 Å². The summed E-state index contributed by atoms with van der Waals surface area (Å²) in [6, 6.07) is 10.2. The third kappa shape index (κ3) is 3.68. The number of benzene rings is 1. The molecule has 0 atom stereocenters. The minimum absolute atomic E-state index is 0.872. The molecule has 0 amide bonds. The van der Waals surface area contributed by atoms with Crippen molar-refractivity contribution >= 4 is 0 Å². The first-order chi connectivity index (χ1) is 8.90. The van der Waals surface area contributed by atoms with Crippen LogP contribution in [-0.2, 0) is 6.54 Å². The molecule has 0 aliphatic carbocycles. The van der Waals surface area contributed by atoms with Gasteiger partial charge < -0.3 is 10.6 Å². The van der Waals surface area contributed by atoms with Crippen molar-refractivity contribution in [3.05, 3.63) is 48.3 Å². The summed E-state index contributed by atoms with van der Waals surface area (Å²) < 4.78 is 1.91. The zero-order valence-corrected chi connectivity index (χ0v) is 10.8. The van der Waals surface area contributed by atoms with E-state index in [-0.39, 0.29) is 0 Å². The highest BCUT2D eigenvalue weighted by molar-refractivity contribution is 5.30. The Balaban J connectivity index is 1.83. The van der Waals surface area contributed by atoms with Crippen LogP contribution in [0.1, 0.15) is 12.0 Å². The monoisotopic (exact) mass is 244 g/mol. The highest BCUT2D eigenvalue weighted by Gasteiger charge is 1.99. The average Bonchev–Trinajstić information content (AvgIpc) is 2.88. The fraction of sp³-hybridized carbons (Fsp3) is 0.357. The van der Waals surface area contributed by atoms with Crippen molar-refractivity contribution in [3.8, 4) is 5.69 Å². The SMILES string of the molecule is CNCCCNCc1cnn(-c2ccccc2)c1. The van der Waals surface area contributed by atoms with E-state index >= 15 is 0 Å². The van der Waals surface area contributed by atoms with Gasteiger partial charge in [0.15, 0.2) is 0 Å². The minimum Gasteiger partial charge on any atom is -0.320 e. The van der Waals surface area contributed by atoms with E-state index in [9.17, 15) is 0 Å². The Kier molecular flexibility index (Phi) is 4.93. The molecule has 18 heavy (non-hydrogen) atoms. The summed E-state index contributed by atoms with van der Waals surface area (Å²) in [5.41, 5.74) is 2.31. The minimum atomic E-state index is 0.872. The van der Waals surface area contributed by atoms with E-state index in [1.807, 2.05) is 36.1 Å². The molecule has 2 rings (SSSR count). The lowest BCUT2D eigenvalue weighted by Gasteiger charge is -2.02. The van der Waals surface area contributed by atoms with E-state index in [0.717, 1.165) is 31.7 Å². The highest BCUT2D eigenvalue weighted by Crippen LogP contribution is 2.07. The number of nitrogens with one attached hydrogen (secondary N) is 2. The molecule has 4 heteroatoms. The maximum atomic E-state index is 4.37. The molecule has 0 spiro atoms. The molecule has 0 fully saturated rings. The van der Waals surface area contributed by atoms with Crippen LogP contribution in [0.25, 0.3) is 5.69 Å². The molecule has 1 heterocycles. The smallest absolute Gasteiger partial charge is 0.0645 e. The Morgan fingerprint density at radius 3 is 2.78 bits per heavy atom. The van der Waals surface area contributed by atoms with Crippen molar-refractivity contribution in [2.75, 3.05) is 20.1 Å². The molecule has 1 aromatic heterocycles. The molecule has 0 unspecified atom stereocenters. The zero-order chi connectivity index (χ0) is 12.6. The van der Waals surface area contributed by atoms with Crippen LogP contribution in [0.3, 0.4) is 0 Å². The number of aromatic nitrogens is 2. The van der Waals surface area contributed by atoms with Gasteiger partial charge in [-0.05, 0) is 38.7 Å². The van der Waals surface area contributed by atoms with Crippen molar-refractivity contribution in [2.24, 2.45) is 0 Å². The van der Waals surface area contributed by atoms with Gasteiger partial charge in [0.1, 0.15) is 0 Å². The second-order valence-corrected chi connectivity index (χ2v) is 4.26. The van der Waals surface area contributed by atoms with Gasteiger partial charge in [-0.1, -0.05) is 18.2 Å². The predicted molar refractivity (Wildman–Crippen MR) is 73.8 cm³/mol. The van der Waals surface area contributed by atoms with Gasteiger partial charge in [0.25, 0.3) is 0 Å². The zero-order valence-electron chi connectivity index (χ0n) is 10.8. The normalized spacial score (nSPS) is 10.7. The highest BCUT2D eigenvalue weighted by atomic mass is 15.3. The molecule has 4 nitrogen and oxygen atoms in total. The van der Waals surface area contributed by atoms with Crippen molar-refractivity contribution < 1.29 is 0 Å². The van der Waals surface area contributed by atoms with Gasteiger partial charge in [0.05, 0.1) is 11.9 Å². The lowest BCUT2D eigenvalue weighted by molar-refractivity contribution is 0.625. The molecule has 0 radical (unpaired) electrons. The van der Waals surface area contributed by atoms with Crippen molar-refractivity contribution in [2.45, 2.75) is 13.0 Å². The van der Waals surface area contributed by atoms with Crippen molar-refractivity contribution in [1.82, 2.24) is 20.4 Å². The van der Waals surface area contributed by atoms with Gasteiger partial charge in [-0.3, -0.25) is 0 Å². The predicted octanol–water partition coefficient (Wildman–Crippen LogP) is 1.57. The van der Waals surface area contributed by atoms with E-state index in [4.69, 9.17) is 0 Å². The summed E-state index contributed by atoms with van der Waals surface area (Å²) in [5.74, 6) is 0.